The standard InChI is InChI=1S/C21H24FN3O3/c1-4-24(12-14(2)3)19(26)13-28-21(27)20-17-6-5-7-18(17)25(23-20)16-10-8-15(22)9-11-16/h8-11H,2,4-7,12-13H2,1,3H3. The second-order valence-corrected chi connectivity index (χ2v) is 6.96. The molecular formula is C21H24FN3O3. The Morgan fingerprint density at radius 2 is 2.00 bits per heavy atom. The van der Waals surface area contributed by atoms with Crippen LogP contribution in [0.15, 0.2) is 36.4 Å². The topological polar surface area (TPSA) is 64.4 Å². The molecule has 0 spiro atoms. The highest BCUT2D eigenvalue weighted by atomic mass is 19.1. The summed E-state index contributed by atoms with van der Waals surface area (Å²) in [5.74, 6) is -1.21. The van der Waals surface area contributed by atoms with Gasteiger partial charge in [-0.1, -0.05) is 12.2 Å². The van der Waals surface area contributed by atoms with Crippen molar-refractivity contribution in [3.63, 3.8) is 0 Å². The van der Waals surface area contributed by atoms with Gasteiger partial charge >= 0.3 is 5.97 Å². The second-order valence-electron chi connectivity index (χ2n) is 6.96. The van der Waals surface area contributed by atoms with Crippen LogP contribution in [0.2, 0.25) is 0 Å². The third-order valence-electron chi connectivity index (χ3n) is 4.72. The Morgan fingerprint density at radius 1 is 1.29 bits per heavy atom. The number of ether oxygens (including phenoxy) is 1. The molecule has 7 heteroatoms. The number of amides is 1. The van der Waals surface area contributed by atoms with Gasteiger partial charge in [0, 0.05) is 24.3 Å². The first-order chi connectivity index (χ1) is 13.4. The number of rotatable bonds is 7. The number of carbonyl (C=O) groups excluding carboxylic acids is 2. The molecule has 0 saturated carbocycles. The molecule has 1 amide bonds. The molecule has 0 unspecified atom stereocenters. The van der Waals surface area contributed by atoms with Crippen LogP contribution in [-0.2, 0) is 22.4 Å². The maximum absolute atomic E-state index is 13.2. The van der Waals surface area contributed by atoms with Crippen LogP contribution >= 0.6 is 0 Å². The van der Waals surface area contributed by atoms with Crippen molar-refractivity contribution in [1.82, 2.24) is 14.7 Å². The van der Waals surface area contributed by atoms with E-state index in [1.165, 1.54) is 12.1 Å². The molecule has 148 valence electrons. The Bertz CT molecular complexity index is 902. The van der Waals surface area contributed by atoms with Gasteiger partial charge in [0.2, 0.25) is 0 Å². The first-order valence-corrected chi connectivity index (χ1v) is 9.36. The molecule has 0 fully saturated rings. The van der Waals surface area contributed by atoms with Crippen molar-refractivity contribution in [1.29, 1.82) is 0 Å². The van der Waals surface area contributed by atoms with Crippen LogP contribution < -0.4 is 0 Å². The number of nitrogens with zero attached hydrogens (tertiary/aromatic N) is 3. The van der Waals surface area contributed by atoms with Crippen LogP contribution in [0.5, 0.6) is 0 Å². The summed E-state index contributed by atoms with van der Waals surface area (Å²) in [5.41, 5.74) is 3.55. The summed E-state index contributed by atoms with van der Waals surface area (Å²) < 4.78 is 20.1. The van der Waals surface area contributed by atoms with Crippen molar-refractivity contribution in [2.24, 2.45) is 0 Å². The van der Waals surface area contributed by atoms with Crippen molar-refractivity contribution in [2.75, 3.05) is 19.7 Å². The Morgan fingerprint density at radius 3 is 2.64 bits per heavy atom. The lowest BCUT2D eigenvalue weighted by Crippen LogP contribution is -2.35. The predicted octanol–water partition coefficient (Wildman–Crippen LogP) is 3.08. The summed E-state index contributed by atoms with van der Waals surface area (Å²) >= 11 is 0. The molecule has 0 N–H and O–H groups in total. The van der Waals surface area contributed by atoms with Crippen molar-refractivity contribution in [3.05, 3.63) is 59.2 Å². The Kier molecular flexibility index (Phi) is 5.92. The van der Waals surface area contributed by atoms with Gasteiger partial charge in [-0.05, 0) is 57.4 Å². The molecule has 2 aromatic rings. The zero-order valence-electron chi connectivity index (χ0n) is 16.2. The minimum Gasteiger partial charge on any atom is -0.451 e. The van der Waals surface area contributed by atoms with Gasteiger partial charge in [0.05, 0.1) is 5.69 Å². The van der Waals surface area contributed by atoms with E-state index in [-0.39, 0.29) is 24.0 Å². The number of carbonyl (C=O) groups is 2. The number of likely N-dealkylation sites (N-methyl/N-ethyl adjacent to an activating group) is 1. The lowest BCUT2D eigenvalue weighted by Gasteiger charge is -2.20. The molecule has 28 heavy (non-hydrogen) atoms. The zero-order chi connectivity index (χ0) is 20.3. The Labute approximate surface area is 163 Å². The second kappa shape index (κ2) is 8.37. The number of hydrogen-bond donors (Lipinski definition) is 0. The average Bonchev–Trinajstić information content (AvgIpc) is 3.27. The summed E-state index contributed by atoms with van der Waals surface area (Å²) in [4.78, 5) is 26.5. The van der Waals surface area contributed by atoms with E-state index in [9.17, 15) is 14.0 Å². The number of esters is 1. The molecule has 0 aliphatic heterocycles. The van der Waals surface area contributed by atoms with Gasteiger partial charge in [0.15, 0.2) is 12.3 Å². The van der Waals surface area contributed by atoms with Crippen LogP contribution in [-0.4, -0.2) is 46.3 Å². The molecule has 0 saturated heterocycles. The molecule has 0 bridgehead atoms. The number of benzene rings is 1. The van der Waals surface area contributed by atoms with Crippen molar-refractivity contribution in [2.45, 2.75) is 33.1 Å². The zero-order valence-corrected chi connectivity index (χ0v) is 16.2. The van der Waals surface area contributed by atoms with Crippen LogP contribution in [0.4, 0.5) is 4.39 Å². The van der Waals surface area contributed by atoms with Gasteiger partial charge in [-0.3, -0.25) is 4.79 Å². The van der Waals surface area contributed by atoms with Gasteiger partial charge in [-0.15, -0.1) is 0 Å². The number of halogens is 1. The van der Waals surface area contributed by atoms with Gasteiger partial charge in [0.25, 0.3) is 5.91 Å². The van der Waals surface area contributed by atoms with E-state index in [0.717, 1.165) is 36.1 Å². The van der Waals surface area contributed by atoms with Crippen molar-refractivity contribution >= 4 is 11.9 Å². The van der Waals surface area contributed by atoms with E-state index in [0.29, 0.717) is 18.8 Å². The van der Waals surface area contributed by atoms with E-state index in [4.69, 9.17) is 4.74 Å². The van der Waals surface area contributed by atoms with Crippen molar-refractivity contribution < 1.29 is 18.7 Å². The Hall–Kier alpha value is -2.96. The molecule has 1 aromatic carbocycles. The van der Waals surface area contributed by atoms with Crippen LogP contribution in [0.25, 0.3) is 5.69 Å². The predicted molar refractivity (Wildman–Crippen MR) is 103 cm³/mol. The largest absolute Gasteiger partial charge is 0.451 e. The van der Waals surface area contributed by atoms with Gasteiger partial charge in [0.1, 0.15) is 5.82 Å². The third-order valence-corrected chi connectivity index (χ3v) is 4.72. The van der Waals surface area contributed by atoms with E-state index < -0.39 is 5.97 Å². The summed E-state index contributed by atoms with van der Waals surface area (Å²) in [6, 6.07) is 5.96. The fraction of sp³-hybridized carbons (Fsp3) is 0.381. The highest BCUT2D eigenvalue weighted by Crippen LogP contribution is 2.28. The summed E-state index contributed by atoms with van der Waals surface area (Å²) in [6.07, 6.45) is 2.43. The maximum atomic E-state index is 13.2. The van der Waals surface area contributed by atoms with Crippen LogP contribution in [0.1, 0.15) is 42.0 Å². The summed E-state index contributed by atoms with van der Waals surface area (Å²) in [5, 5.41) is 4.40. The quantitative estimate of drug-likeness (QED) is 0.543. The monoisotopic (exact) mass is 385 g/mol. The summed E-state index contributed by atoms with van der Waals surface area (Å²) in [7, 11) is 0. The molecule has 0 atom stereocenters. The third kappa shape index (κ3) is 4.13. The minimum atomic E-state index is -0.612. The molecule has 1 aliphatic rings. The van der Waals surface area contributed by atoms with Gasteiger partial charge in [-0.2, -0.15) is 5.10 Å². The number of aromatic nitrogens is 2. The molecular weight excluding hydrogens is 361 g/mol. The van der Waals surface area contributed by atoms with Gasteiger partial charge < -0.3 is 9.64 Å². The molecule has 3 rings (SSSR count). The number of hydrogen-bond acceptors (Lipinski definition) is 4. The van der Waals surface area contributed by atoms with Crippen LogP contribution in [0, 0.1) is 5.82 Å². The Balaban J connectivity index is 1.76. The lowest BCUT2D eigenvalue weighted by atomic mass is 10.2. The molecule has 1 heterocycles. The normalized spacial score (nSPS) is 12.5. The van der Waals surface area contributed by atoms with E-state index >= 15 is 0 Å². The lowest BCUT2D eigenvalue weighted by molar-refractivity contribution is -0.133. The molecule has 1 aromatic heterocycles. The first-order valence-electron chi connectivity index (χ1n) is 9.36. The van der Waals surface area contributed by atoms with Gasteiger partial charge in [-0.25, -0.2) is 13.9 Å². The maximum Gasteiger partial charge on any atom is 0.359 e. The minimum absolute atomic E-state index is 0.229. The average molecular weight is 385 g/mol. The van der Waals surface area contributed by atoms with Crippen LogP contribution in [0.3, 0.4) is 0 Å². The number of fused-ring (bicyclic) bond motifs is 1. The smallest absolute Gasteiger partial charge is 0.359 e. The van der Waals surface area contributed by atoms with Crippen molar-refractivity contribution in [3.8, 4) is 5.69 Å². The highest BCUT2D eigenvalue weighted by molar-refractivity contribution is 5.91. The SMILES string of the molecule is C=C(C)CN(CC)C(=O)COC(=O)c1nn(-c2ccc(F)cc2)c2c1CCC2. The molecule has 6 nitrogen and oxygen atoms in total. The molecule has 0 radical (unpaired) electrons. The summed E-state index contributed by atoms with van der Waals surface area (Å²) in [6.45, 7) is 8.12. The van der Waals surface area contributed by atoms with E-state index in [1.807, 2.05) is 13.8 Å². The highest BCUT2D eigenvalue weighted by Gasteiger charge is 2.28. The molecule has 1 aliphatic carbocycles. The van der Waals surface area contributed by atoms with E-state index in [2.05, 4.69) is 11.7 Å². The first kappa shape index (κ1) is 19.8. The fourth-order valence-electron chi connectivity index (χ4n) is 3.39. The fourth-order valence-corrected chi connectivity index (χ4v) is 3.39. The van der Waals surface area contributed by atoms with E-state index in [1.54, 1.807) is 21.7 Å².